The van der Waals surface area contributed by atoms with Crippen LogP contribution in [0, 0.1) is 5.92 Å². The lowest BCUT2D eigenvalue weighted by molar-refractivity contribution is 0.785. The minimum atomic E-state index is 0.979. The number of benzene rings is 6. The number of rotatable bonds is 15. The summed E-state index contributed by atoms with van der Waals surface area (Å²) in [7, 11) is 2.22. The van der Waals surface area contributed by atoms with Gasteiger partial charge in [-0.25, -0.2) is 0 Å². The van der Waals surface area contributed by atoms with Crippen LogP contribution in [0.3, 0.4) is 0 Å². The van der Waals surface area contributed by atoms with Crippen LogP contribution >= 0.6 is 11.8 Å². The molecule has 0 aliphatic rings. The third-order valence-corrected chi connectivity index (χ3v) is 11.0. The molecule has 0 spiro atoms. The van der Waals surface area contributed by atoms with Crippen LogP contribution in [0.4, 0.5) is 22.7 Å². The van der Waals surface area contributed by atoms with E-state index in [1.165, 1.54) is 72.4 Å². The molecule has 0 fully saturated rings. The van der Waals surface area contributed by atoms with Gasteiger partial charge in [0.05, 0.1) is 44.9 Å². The van der Waals surface area contributed by atoms with Gasteiger partial charge < -0.3 is 14.4 Å². The van der Waals surface area contributed by atoms with E-state index in [1.807, 2.05) is 0 Å². The number of hydrogen-bond donors (Lipinski definition) is 0. The van der Waals surface area contributed by atoms with E-state index in [1.54, 1.807) is 11.8 Å². The quantitative estimate of drug-likeness (QED) is 0.0775. The minimum Gasteiger partial charge on any atom is -0.341 e. The molecule has 0 unspecified atom stereocenters. The van der Waals surface area contributed by atoms with Gasteiger partial charge in [0, 0.05) is 42.0 Å². The average molecular weight is 713 g/mol. The van der Waals surface area contributed by atoms with Crippen LogP contribution in [-0.2, 0) is 7.05 Å². The average Bonchev–Trinajstić information content (AvgIpc) is 3.50. The fraction of sp³-hybridized carbons (Fsp3) is 0.204. The van der Waals surface area contributed by atoms with Crippen molar-refractivity contribution < 1.29 is 0 Å². The highest BCUT2D eigenvalue weighted by Gasteiger charge is 2.33. The van der Waals surface area contributed by atoms with Crippen molar-refractivity contribution in [2.24, 2.45) is 7.05 Å². The van der Waals surface area contributed by atoms with Crippen molar-refractivity contribution >= 4 is 45.4 Å². The highest BCUT2D eigenvalue weighted by Crippen LogP contribution is 2.45. The number of para-hydroxylation sites is 2. The summed E-state index contributed by atoms with van der Waals surface area (Å²) >= 11 is 1.80. The number of aryl methyl sites for hydroxylation is 1. The smallest absolute Gasteiger partial charge is 0.103 e. The maximum atomic E-state index is 2.45. The van der Waals surface area contributed by atoms with Crippen molar-refractivity contribution in [3.63, 3.8) is 0 Å². The van der Waals surface area contributed by atoms with Gasteiger partial charge in [0.25, 0.3) is 0 Å². The monoisotopic (exact) mass is 712 g/mol. The standard InChI is InChI=1S/C49H50N3S/c1-5-7-34-51(40-20-14-10-15-21-40)42-28-24-37(25-29-42)47(38-26-30-43(31-27-38)52(35-8-6-2)41-22-16-11-17-23-41)48-45-36-44(53-4)32-33-46(45)50(3)49(48)39-18-12-9-13-19-39/h9-33,36H,5-8,34-35H2,1-4H3/q+1. The van der Waals surface area contributed by atoms with E-state index in [4.69, 9.17) is 0 Å². The summed E-state index contributed by atoms with van der Waals surface area (Å²) in [5, 5.41) is 1.27. The molecule has 266 valence electrons. The molecule has 0 saturated heterocycles. The molecule has 0 aliphatic heterocycles. The topological polar surface area (TPSA) is 11.4 Å². The number of hydrogen-bond acceptors (Lipinski definition) is 3. The molecule has 3 nitrogen and oxygen atoms in total. The predicted molar refractivity (Wildman–Crippen MR) is 230 cm³/mol. The Kier molecular flexibility index (Phi) is 11.6. The van der Waals surface area contributed by atoms with E-state index in [0.29, 0.717) is 0 Å². The predicted octanol–water partition coefficient (Wildman–Crippen LogP) is 13.5. The lowest BCUT2D eigenvalue weighted by Crippen LogP contribution is -2.18. The maximum absolute atomic E-state index is 2.45. The second-order valence-electron chi connectivity index (χ2n) is 13.7. The van der Waals surface area contributed by atoms with Crippen molar-refractivity contribution in [1.82, 2.24) is 4.57 Å². The SMILES string of the molecule is CCCCN(c1ccccc1)c1ccc([C+](c2ccc(N(CCCC)c3ccccc3)cc2)c2c(-c3ccccc3)n(C)c3ccc(SC)cc23)cc1. The molecule has 0 bridgehead atoms. The Bertz CT molecular complexity index is 2100. The molecular weight excluding hydrogens is 663 g/mol. The number of nitrogens with zero attached hydrogens (tertiary/aromatic N) is 3. The molecule has 0 N–H and O–H groups in total. The molecule has 0 radical (unpaired) electrons. The molecule has 53 heavy (non-hydrogen) atoms. The number of fused-ring (bicyclic) bond motifs is 1. The number of aromatic nitrogens is 1. The summed E-state index contributed by atoms with van der Waals surface area (Å²) in [6.45, 7) is 6.48. The van der Waals surface area contributed by atoms with Crippen molar-refractivity contribution in [2.75, 3.05) is 29.1 Å². The van der Waals surface area contributed by atoms with Crippen LogP contribution in [0.15, 0.2) is 163 Å². The normalized spacial score (nSPS) is 11.2. The Morgan fingerprint density at radius 1 is 0.547 bits per heavy atom. The summed E-state index contributed by atoms with van der Waals surface area (Å²) in [6, 6.07) is 58.0. The zero-order valence-electron chi connectivity index (χ0n) is 31.5. The highest BCUT2D eigenvalue weighted by molar-refractivity contribution is 7.98. The van der Waals surface area contributed by atoms with Gasteiger partial charge in [-0.1, -0.05) is 81.3 Å². The third kappa shape index (κ3) is 7.75. The molecule has 0 saturated carbocycles. The zero-order chi connectivity index (χ0) is 36.6. The van der Waals surface area contributed by atoms with Crippen LogP contribution in [0.1, 0.15) is 56.2 Å². The molecule has 0 amide bonds. The van der Waals surface area contributed by atoms with Gasteiger partial charge in [0.1, 0.15) is 5.69 Å². The summed E-state index contributed by atoms with van der Waals surface area (Å²) in [4.78, 5) is 6.17. The van der Waals surface area contributed by atoms with Gasteiger partial charge in [-0.15, -0.1) is 11.8 Å². The van der Waals surface area contributed by atoms with E-state index >= 15 is 0 Å². The Hall–Kier alpha value is -5.32. The van der Waals surface area contributed by atoms with E-state index < -0.39 is 0 Å². The summed E-state index contributed by atoms with van der Waals surface area (Å²) in [6.07, 6.45) is 6.73. The Balaban J connectivity index is 1.41. The van der Waals surface area contributed by atoms with E-state index in [2.05, 4.69) is 199 Å². The molecular formula is C49H50N3S+. The molecule has 1 aromatic heterocycles. The lowest BCUT2D eigenvalue weighted by atomic mass is 9.82. The molecule has 0 atom stereocenters. The zero-order valence-corrected chi connectivity index (χ0v) is 32.3. The first kappa shape index (κ1) is 36.1. The largest absolute Gasteiger partial charge is 0.341 e. The number of unbranched alkanes of at least 4 members (excludes halogenated alkanes) is 2. The first-order valence-electron chi connectivity index (χ1n) is 19.1. The molecule has 0 aliphatic carbocycles. The molecule has 1 heterocycles. The minimum absolute atomic E-state index is 0.979. The third-order valence-electron chi connectivity index (χ3n) is 10.2. The van der Waals surface area contributed by atoms with Crippen molar-refractivity contribution in [1.29, 1.82) is 0 Å². The molecule has 7 aromatic rings. The van der Waals surface area contributed by atoms with Gasteiger partial charge in [0.15, 0.2) is 0 Å². The fourth-order valence-corrected chi connectivity index (χ4v) is 7.91. The number of anilines is 4. The van der Waals surface area contributed by atoms with E-state index in [0.717, 1.165) is 38.8 Å². The first-order valence-corrected chi connectivity index (χ1v) is 20.3. The summed E-state index contributed by atoms with van der Waals surface area (Å²) < 4.78 is 2.39. The number of thioether (sulfide) groups is 1. The van der Waals surface area contributed by atoms with Crippen LogP contribution in [0.2, 0.25) is 0 Å². The van der Waals surface area contributed by atoms with Crippen molar-refractivity contribution in [3.8, 4) is 11.3 Å². The van der Waals surface area contributed by atoms with Crippen molar-refractivity contribution in [2.45, 2.75) is 44.4 Å². The Labute approximate surface area is 320 Å². The van der Waals surface area contributed by atoms with Gasteiger partial charge in [-0.3, -0.25) is 0 Å². The van der Waals surface area contributed by atoms with E-state index in [9.17, 15) is 0 Å². The summed E-state index contributed by atoms with van der Waals surface area (Å²) in [5.41, 5.74) is 12.2. The molecule has 4 heteroatoms. The maximum Gasteiger partial charge on any atom is 0.103 e. The first-order chi connectivity index (χ1) is 26.1. The van der Waals surface area contributed by atoms with E-state index in [-0.39, 0.29) is 0 Å². The highest BCUT2D eigenvalue weighted by atomic mass is 32.2. The van der Waals surface area contributed by atoms with Crippen LogP contribution in [0.5, 0.6) is 0 Å². The second kappa shape index (κ2) is 17.0. The molecule has 7 rings (SSSR count). The van der Waals surface area contributed by atoms with Gasteiger partial charge in [0.2, 0.25) is 0 Å². The Morgan fingerprint density at radius 3 is 1.45 bits per heavy atom. The van der Waals surface area contributed by atoms with Gasteiger partial charge in [-0.05, 0) is 122 Å². The fourth-order valence-electron chi connectivity index (χ4n) is 7.47. The van der Waals surface area contributed by atoms with Crippen molar-refractivity contribution in [3.05, 3.63) is 180 Å². The second-order valence-corrected chi connectivity index (χ2v) is 14.6. The van der Waals surface area contributed by atoms with Crippen LogP contribution < -0.4 is 9.80 Å². The van der Waals surface area contributed by atoms with Crippen LogP contribution in [-0.4, -0.2) is 23.9 Å². The van der Waals surface area contributed by atoms with Gasteiger partial charge >= 0.3 is 0 Å². The Morgan fingerprint density at radius 2 is 1.00 bits per heavy atom. The van der Waals surface area contributed by atoms with Crippen LogP contribution in [0.25, 0.3) is 22.2 Å². The summed E-state index contributed by atoms with van der Waals surface area (Å²) in [5.74, 6) is 1.24. The molecule has 6 aromatic carbocycles. The lowest BCUT2D eigenvalue weighted by Gasteiger charge is -2.26. The van der Waals surface area contributed by atoms with Gasteiger partial charge in [-0.2, -0.15) is 0 Å².